The highest BCUT2D eigenvalue weighted by atomic mass is 32.2. The summed E-state index contributed by atoms with van der Waals surface area (Å²) in [6, 6.07) is 7.39. The summed E-state index contributed by atoms with van der Waals surface area (Å²) in [7, 11) is 3.22. The third-order valence-corrected chi connectivity index (χ3v) is 5.57. The SMILES string of the molecule is COC(=O)CC(NC(=O)C(C)c1c(C)nn(C)c1C)c1ccc(SC)cc1. The van der Waals surface area contributed by atoms with Gasteiger partial charge in [-0.1, -0.05) is 12.1 Å². The normalized spacial score (nSPS) is 13.1. The van der Waals surface area contributed by atoms with Gasteiger partial charge in [0.05, 0.1) is 31.2 Å². The maximum atomic E-state index is 12.9. The van der Waals surface area contributed by atoms with Crippen LogP contribution in [-0.2, 0) is 21.4 Å². The molecule has 1 amide bonds. The first-order chi connectivity index (χ1) is 12.8. The molecule has 6 nitrogen and oxygen atoms in total. The fourth-order valence-corrected chi connectivity index (χ4v) is 3.59. The van der Waals surface area contributed by atoms with E-state index in [4.69, 9.17) is 4.74 Å². The summed E-state index contributed by atoms with van der Waals surface area (Å²) in [5.41, 5.74) is 3.60. The summed E-state index contributed by atoms with van der Waals surface area (Å²) in [5, 5.41) is 7.41. The van der Waals surface area contributed by atoms with Gasteiger partial charge in [0.2, 0.25) is 5.91 Å². The van der Waals surface area contributed by atoms with Crippen LogP contribution >= 0.6 is 11.8 Å². The molecule has 1 N–H and O–H groups in total. The van der Waals surface area contributed by atoms with Gasteiger partial charge in [0.25, 0.3) is 0 Å². The Morgan fingerprint density at radius 3 is 2.37 bits per heavy atom. The van der Waals surface area contributed by atoms with Crippen LogP contribution in [0.5, 0.6) is 0 Å². The highest BCUT2D eigenvalue weighted by Gasteiger charge is 2.26. The van der Waals surface area contributed by atoms with Crippen molar-refractivity contribution in [2.24, 2.45) is 7.05 Å². The Morgan fingerprint density at radius 2 is 1.89 bits per heavy atom. The van der Waals surface area contributed by atoms with Gasteiger partial charge in [-0.3, -0.25) is 14.3 Å². The van der Waals surface area contributed by atoms with Crippen LogP contribution in [0.25, 0.3) is 0 Å². The maximum Gasteiger partial charge on any atom is 0.307 e. The van der Waals surface area contributed by atoms with Gasteiger partial charge in [-0.05, 0) is 44.7 Å². The molecule has 0 aliphatic heterocycles. The van der Waals surface area contributed by atoms with E-state index in [-0.39, 0.29) is 24.2 Å². The summed E-state index contributed by atoms with van der Waals surface area (Å²) >= 11 is 1.64. The predicted octanol–water partition coefficient (Wildman–Crippen LogP) is 3.28. The molecule has 1 heterocycles. The van der Waals surface area contributed by atoms with Crippen LogP contribution in [-0.4, -0.2) is 35.0 Å². The van der Waals surface area contributed by atoms with E-state index in [1.54, 1.807) is 16.4 Å². The number of benzene rings is 1. The topological polar surface area (TPSA) is 73.2 Å². The third kappa shape index (κ3) is 4.91. The Bertz CT molecular complexity index is 815. The number of ether oxygens (including phenoxy) is 1. The van der Waals surface area contributed by atoms with Crippen molar-refractivity contribution in [1.29, 1.82) is 0 Å². The Balaban J connectivity index is 2.25. The first kappa shape index (κ1) is 21.0. The molecular weight excluding hydrogens is 362 g/mol. The van der Waals surface area contributed by atoms with Crippen LogP contribution in [0.3, 0.4) is 0 Å². The monoisotopic (exact) mass is 389 g/mol. The fourth-order valence-electron chi connectivity index (χ4n) is 3.18. The summed E-state index contributed by atoms with van der Waals surface area (Å²) in [6.45, 7) is 5.71. The highest BCUT2D eigenvalue weighted by Crippen LogP contribution is 2.26. The average molecular weight is 390 g/mol. The zero-order valence-corrected chi connectivity index (χ0v) is 17.5. The van der Waals surface area contributed by atoms with Gasteiger partial charge in [-0.25, -0.2) is 0 Å². The van der Waals surface area contributed by atoms with Gasteiger partial charge in [0, 0.05) is 23.2 Å². The molecule has 2 aromatic rings. The van der Waals surface area contributed by atoms with Crippen LogP contribution in [0.1, 0.15) is 47.8 Å². The molecule has 7 heteroatoms. The molecule has 2 unspecified atom stereocenters. The molecule has 1 aromatic heterocycles. The van der Waals surface area contributed by atoms with Gasteiger partial charge >= 0.3 is 5.97 Å². The number of nitrogens with one attached hydrogen (secondary N) is 1. The van der Waals surface area contributed by atoms with E-state index in [9.17, 15) is 9.59 Å². The lowest BCUT2D eigenvalue weighted by atomic mass is 9.96. The number of carbonyl (C=O) groups excluding carboxylic acids is 2. The molecule has 0 fully saturated rings. The van der Waals surface area contributed by atoms with Crippen LogP contribution in [0.2, 0.25) is 0 Å². The van der Waals surface area contributed by atoms with Gasteiger partial charge in [-0.15, -0.1) is 11.8 Å². The number of rotatable bonds is 7. The molecule has 0 bridgehead atoms. The molecule has 0 saturated heterocycles. The van der Waals surface area contributed by atoms with Gasteiger partial charge in [0.15, 0.2) is 0 Å². The number of nitrogens with zero attached hydrogens (tertiary/aromatic N) is 2. The standard InChI is InChI=1S/C20H27N3O3S/c1-12(19-13(2)22-23(4)14(19)3)20(25)21-17(11-18(24)26-5)15-7-9-16(27-6)10-8-15/h7-10,12,17H,11H2,1-6H3,(H,21,25). The first-order valence-electron chi connectivity index (χ1n) is 8.79. The van der Waals surface area contributed by atoms with Crippen molar-refractivity contribution >= 4 is 23.6 Å². The molecule has 0 spiro atoms. The number of hydrogen-bond acceptors (Lipinski definition) is 5. The number of esters is 1. The molecule has 27 heavy (non-hydrogen) atoms. The van der Waals surface area contributed by atoms with Gasteiger partial charge in [-0.2, -0.15) is 5.10 Å². The number of methoxy groups -OCH3 is 1. The Hall–Kier alpha value is -2.28. The van der Waals surface area contributed by atoms with E-state index in [1.165, 1.54) is 7.11 Å². The van der Waals surface area contributed by atoms with E-state index >= 15 is 0 Å². The Kier molecular flexibility index (Phi) is 7.07. The second-order valence-corrected chi connectivity index (χ2v) is 7.42. The summed E-state index contributed by atoms with van der Waals surface area (Å²) in [6.07, 6.45) is 2.08. The van der Waals surface area contributed by atoms with Crippen molar-refractivity contribution in [2.45, 2.75) is 44.0 Å². The second-order valence-electron chi connectivity index (χ2n) is 6.54. The molecule has 0 aliphatic carbocycles. The van der Waals surface area contributed by atoms with Crippen LogP contribution < -0.4 is 5.32 Å². The van der Waals surface area contributed by atoms with Gasteiger partial charge in [0.1, 0.15) is 0 Å². The third-order valence-electron chi connectivity index (χ3n) is 4.82. The number of amides is 1. The van der Waals surface area contributed by atoms with Crippen molar-refractivity contribution in [3.8, 4) is 0 Å². The van der Waals surface area contributed by atoms with Crippen molar-refractivity contribution in [2.75, 3.05) is 13.4 Å². The fraction of sp³-hybridized carbons (Fsp3) is 0.450. The zero-order valence-electron chi connectivity index (χ0n) is 16.7. The molecule has 1 aromatic carbocycles. The lowest BCUT2D eigenvalue weighted by Crippen LogP contribution is -2.33. The molecule has 0 radical (unpaired) electrons. The minimum absolute atomic E-state index is 0.0819. The van der Waals surface area contributed by atoms with E-state index < -0.39 is 6.04 Å². The summed E-state index contributed by atoms with van der Waals surface area (Å²) in [4.78, 5) is 25.9. The predicted molar refractivity (Wildman–Crippen MR) is 107 cm³/mol. The van der Waals surface area contributed by atoms with E-state index in [1.807, 2.05) is 58.3 Å². The maximum absolute atomic E-state index is 12.9. The highest BCUT2D eigenvalue weighted by molar-refractivity contribution is 7.98. The van der Waals surface area contributed by atoms with E-state index in [0.717, 1.165) is 27.4 Å². The minimum atomic E-state index is -0.444. The second kappa shape index (κ2) is 9.08. The van der Waals surface area contributed by atoms with Crippen molar-refractivity contribution in [3.63, 3.8) is 0 Å². The Morgan fingerprint density at radius 1 is 1.26 bits per heavy atom. The van der Waals surface area contributed by atoms with Crippen molar-refractivity contribution in [1.82, 2.24) is 15.1 Å². The summed E-state index contributed by atoms with van der Waals surface area (Å²) < 4.78 is 6.59. The molecule has 146 valence electrons. The molecular formula is C20H27N3O3S. The molecule has 2 atom stereocenters. The van der Waals surface area contributed by atoms with Crippen molar-refractivity contribution in [3.05, 3.63) is 46.8 Å². The number of aromatic nitrogens is 2. The Labute approximate surface area is 164 Å². The largest absolute Gasteiger partial charge is 0.469 e. The lowest BCUT2D eigenvalue weighted by molar-refractivity contribution is -0.141. The number of hydrogen-bond donors (Lipinski definition) is 1. The van der Waals surface area contributed by atoms with Crippen LogP contribution in [0.4, 0.5) is 0 Å². The van der Waals surface area contributed by atoms with E-state index in [2.05, 4.69) is 10.4 Å². The lowest BCUT2D eigenvalue weighted by Gasteiger charge is -2.21. The van der Waals surface area contributed by atoms with Crippen LogP contribution in [0, 0.1) is 13.8 Å². The minimum Gasteiger partial charge on any atom is -0.469 e. The molecule has 0 saturated carbocycles. The number of thioether (sulfide) groups is 1. The van der Waals surface area contributed by atoms with E-state index in [0.29, 0.717) is 0 Å². The summed E-state index contributed by atoms with van der Waals surface area (Å²) in [5.74, 6) is -0.878. The zero-order chi connectivity index (χ0) is 20.1. The molecule has 2 rings (SSSR count). The number of aryl methyl sites for hydroxylation is 2. The smallest absolute Gasteiger partial charge is 0.307 e. The quantitative estimate of drug-likeness (QED) is 0.581. The number of carbonyl (C=O) groups is 2. The van der Waals surface area contributed by atoms with Crippen molar-refractivity contribution < 1.29 is 14.3 Å². The van der Waals surface area contributed by atoms with Crippen LogP contribution in [0.15, 0.2) is 29.2 Å². The first-order valence-corrected chi connectivity index (χ1v) is 10.0. The average Bonchev–Trinajstić information content (AvgIpc) is 2.92. The molecule has 0 aliphatic rings. The van der Waals surface area contributed by atoms with Gasteiger partial charge < -0.3 is 10.1 Å².